The zero-order chi connectivity index (χ0) is 12.0. The van der Waals surface area contributed by atoms with E-state index in [1.54, 1.807) is 18.2 Å². The fraction of sp³-hybridized carbons (Fsp3) is 0.0909. The van der Waals surface area contributed by atoms with Crippen molar-refractivity contribution in [1.82, 2.24) is 10.1 Å². The molecule has 0 aliphatic rings. The van der Waals surface area contributed by atoms with E-state index >= 15 is 0 Å². The van der Waals surface area contributed by atoms with Gasteiger partial charge < -0.3 is 14.7 Å². The Kier molecular flexibility index (Phi) is 2.09. The zero-order valence-electron chi connectivity index (χ0n) is 8.90. The molecule has 2 aromatic heterocycles. The maximum Gasteiger partial charge on any atom is 0.266 e. The van der Waals surface area contributed by atoms with Gasteiger partial charge in [0, 0.05) is 12.1 Å². The van der Waals surface area contributed by atoms with Crippen molar-refractivity contribution in [2.45, 2.75) is 6.92 Å². The molecule has 0 aliphatic heterocycles. The van der Waals surface area contributed by atoms with E-state index in [0.29, 0.717) is 33.5 Å². The van der Waals surface area contributed by atoms with Crippen molar-refractivity contribution in [3.8, 4) is 11.7 Å². The van der Waals surface area contributed by atoms with Crippen molar-refractivity contribution in [1.29, 1.82) is 0 Å². The Labute approximate surface area is 101 Å². The van der Waals surface area contributed by atoms with Gasteiger partial charge in [0.1, 0.15) is 5.52 Å². The summed E-state index contributed by atoms with van der Waals surface area (Å²) in [5, 5.41) is 4.22. The van der Waals surface area contributed by atoms with E-state index in [1.165, 1.54) is 0 Å². The summed E-state index contributed by atoms with van der Waals surface area (Å²) in [5.41, 5.74) is 8.10. The van der Waals surface area contributed by atoms with Gasteiger partial charge in [-0.25, -0.2) is 4.98 Å². The van der Waals surface area contributed by atoms with E-state index in [9.17, 15) is 0 Å². The van der Waals surface area contributed by atoms with Gasteiger partial charge in [0.15, 0.2) is 5.58 Å². The van der Waals surface area contributed by atoms with Crippen molar-refractivity contribution < 1.29 is 8.94 Å². The van der Waals surface area contributed by atoms with Crippen LogP contribution in [0.15, 0.2) is 27.1 Å². The molecule has 0 atom stereocenters. The number of oxazole rings is 1. The number of rotatable bonds is 1. The van der Waals surface area contributed by atoms with Crippen molar-refractivity contribution in [2.24, 2.45) is 0 Å². The largest absolute Gasteiger partial charge is 0.433 e. The zero-order valence-corrected chi connectivity index (χ0v) is 9.65. The Morgan fingerprint density at radius 1 is 1.29 bits per heavy atom. The fourth-order valence-electron chi connectivity index (χ4n) is 1.53. The summed E-state index contributed by atoms with van der Waals surface area (Å²) in [6, 6.07) is 5.04. The van der Waals surface area contributed by atoms with Gasteiger partial charge in [0.05, 0.1) is 16.4 Å². The smallest absolute Gasteiger partial charge is 0.266 e. The van der Waals surface area contributed by atoms with E-state index in [2.05, 4.69) is 10.1 Å². The summed E-state index contributed by atoms with van der Waals surface area (Å²) in [5.74, 6) is 0.843. The molecular weight excluding hydrogens is 242 g/mol. The normalized spacial score (nSPS) is 11.2. The number of halogens is 1. The lowest BCUT2D eigenvalue weighted by Gasteiger charge is -1.94. The molecular formula is C11H8ClN3O2. The summed E-state index contributed by atoms with van der Waals surface area (Å²) in [6.07, 6.45) is 0. The third-order valence-corrected chi connectivity index (χ3v) is 2.67. The van der Waals surface area contributed by atoms with Gasteiger partial charge in [-0.1, -0.05) is 16.8 Å². The van der Waals surface area contributed by atoms with Gasteiger partial charge in [0.25, 0.3) is 5.89 Å². The predicted octanol–water partition coefficient (Wildman–Crippen LogP) is 3.03. The standard InChI is InChI=1S/C11H8ClN3O2/c1-5-2-10(17-15-5)11-14-8-3-6(12)7(13)4-9(8)16-11/h2-4H,13H2,1H3. The molecule has 0 saturated carbocycles. The molecule has 0 unspecified atom stereocenters. The number of aromatic nitrogens is 2. The lowest BCUT2D eigenvalue weighted by Crippen LogP contribution is -1.84. The highest BCUT2D eigenvalue weighted by atomic mass is 35.5. The molecule has 86 valence electrons. The van der Waals surface area contributed by atoms with Gasteiger partial charge in [-0.05, 0) is 13.0 Å². The molecule has 1 aromatic carbocycles. The highest BCUT2D eigenvalue weighted by Crippen LogP contribution is 2.29. The van der Waals surface area contributed by atoms with Crippen molar-refractivity contribution in [2.75, 3.05) is 5.73 Å². The molecule has 6 heteroatoms. The number of nitrogens with two attached hydrogens (primary N) is 1. The number of benzene rings is 1. The van der Waals surface area contributed by atoms with E-state index in [-0.39, 0.29) is 0 Å². The first-order chi connectivity index (χ1) is 8.13. The van der Waals surface area contributed by atoms with Crippen molar-refractivity contribution >= 4 is 28.4 Å². The van der Waals surface area contributed by atoms with Crippen LogP contribution in [0.5, 0.6) is 0 Å². The molecule has 0 fully saturated rings. The summed E-state index contributed by atoms with van der Waals surface area (Å²) in [7, 11) is 0. The van der Waals surface area contributed by atoms with E-state index < -0.39 is 0 Å². The molecule has 3 rings (SSSR count). The summed E-state index contributed by atoms with van der Waals surface area (Å²) in [4.78, 5) is 4.26. The number of anilines is 1. The van der Waals surface area contributed by atoms with Crippen LogP contribution in [0, 0.1) is 6.92 Å². The van der Waals surface area contributed by atoms with Gasteiger partial charge >= 0.3 is 0 Å². The van der Waals surface area contributed by atoms with E-state index in [0.717, 1.165) is 5.69 Å². The highest BCUT2D eigenvalue weighted by molar-refractivity contribution is 6.33. The lowest BCUT2D eigenvalue weighted by atomic mass is 10.3. The second kappa shape index (κ2) is 3.49. The monoisotopic (exact) mass is 249 g/mol. The maximum absolute atomic E-state index is 5.90. The molecule has 5 nitrogen and oxygen atoms in total. The van der Waals surface area contributed by atoms with Crippen LogP contribution in [0.25, 0.3) is 22.8 Å². The molecule has 0 saturated heterocycles. The third-order valence-electron chi connectivity index (χ3n) is 2.35. The SMILES string of the molecule is Cc1cc(-c2nc3cc(Cl)c(N)cc3o2)on1. The quantitative estimate of drug-likeness (QED) is 0.671. The van der Waals surface area contributed by atoms with Crippen LogP contribution in [0.4, 0.5) is 5.69 Å². The summed E-state index contributed by atoms with van der Waals surface area (Å²) in [6.45, 7) is 1.82. The van der Waals surface area contributed by atoms with Crippen LogP contribution in [-0.4, -0.2) is 10.1 Å². The Morgan fingerprint density at radius 2 is 2.12 bits per heavy atom. The molecule has 0 spiro atoms. The number of nitrogen functional groups attached to an aromatic ring is 1. The van der Waals surface area contributed by atoms with Crippen LogP contribution in [0.2, 0.25) is 5.02 Å². The fourth-order valence-corrected chi connectivity index (χ4v) is 1.69. The topological polar surface area (TPSA) is 78.1 Å². The van der Waals surface area contributed by atoms with Gasteiger partial charge in [-0.15, -0.1) is 0 Å². The number of hydrogen-bond acceptors (Lipinski definition) is 5. The highest BCUT2D eigenvalue weighted by Gasteiger charge is 2.13. The molecule has 0 bridgehead atoms. The maximum atomic E-state index is 5.90. The summed E-state index contributed by atoms with van der Waals surface area (Å²) >= 11 is 5.90. The van der Waals surface area contributed by atoms with Crippen LogP contribution in [0.3, 0.4) is 0 Å². The Balaban J connectivity index is 2.19. The first-order valence-corrected chi connectivity index (χ1v) is 5.30. The molecule has 0 amide bonds. The van der Waals surface area contributed by atoms with Crippen LogP contribution < -0.4 is 5.73 Å². The molecule has 17 heavy (non-hydrogen) atoms. The minimum atomic E-state index is 0.363. The summed E-state index contributed by atoms with van der Waals surface area (Å²) < 4.78 is 10.6. The van der Waals surface area contributed by atoms with Gasteiger partial charge in [-0.3, -0.25) is 0 Å². The van der Waals surface area contributed by atoms with E-state index in [1.807, 2.05) is 6.92 Å². The molecule has 0 aliphatic carbocycles. The first kappa shape index (κ1) is 10.2. The number of aryl methyl sites for hydroxylation is 1. The van der Waals surface area contributed by atoms with Gasteiger partial charge in [0.2, 0.25) is 5.76 Å². The van der Waals surface area contributed by atoms with Crippen molar-refractivity contribution in [3.63, 3.8) is 0 Å². The van der Waals surface area contributed by atoms with E-state index in [4.69, 9.17) is 26.3 Å². The number of hydrogen-bond donors (Lipinski definition) is 1. The van der Waals surface area contributed by atoms with Gasteiger partial charge in [-0.2, -0.15) is 0 Å². The number of nitrogens with zero attached hydrogens (tertiary/aromatic N) is 2. The molecule has 0 radical (unpaired) electrons. The van der Waals surface area contributed by atoms with Crippen LogP contribution >= 0.6 is 11.6 Å². The second-order valence-corrected chi connectivity index (χ2v) is 4.10. The minimum absolute atomic E-state index is 0.363. The first-order valence-electron chi connectivity index (χ1n) is 4.93. The minimum Gasteiger partial charge on any atom is -0.433 e. The molecule has 2 heterocycles. The van der Waals surface area contributed by atoms with Crippen LogP contribution in [-0.2, 0) is 0 Å². The third kappa shape index (κ3) is 1.64. The average molecular weight is 250 g/mol. The Bertz CT molecular complexity index is 663. The van der Waals surface area contributed by atoms with Crippen molar-refractivity contribution in [3.05, 3.63) is 28.9 Å². The molecule has 2 N–H and O–H groups in total. The Hall–Kier alpha value is -2.01. The Morgan fingerprint density at radius 3 is 2.82 bits per heavy atom. The second-order valence-electron chi connectivity index (χ2n) is 3.69. The lowest BCUT2D eigenvalue weighted by molar-refractivity contribution is 0.414. The molecule has 3 aromatic rings. The predicted molar refractivity (Wildman–Crippen MR) is 63.7 cm³/mol. The average Bonchev–Trinajstić information content (AvgIpc) is 2.85. The number of fused-ring (bicyclic) bond motifs is 1. The van der Waals surface area contributed by atoms with Crippen LogP contribution in [0.1, 0.15) is 5.69 Å².